The summed E-state index contributed by atoms with van der Waals surface area (Å²) >= 11 is 0. The van der Waals surface area contributed by atoms with Crippen LogP contribution in [-0.4, -0.2) is 57.3 Å². The Labute approximate surface area is 311 Å². The van der Waals surface area contributed by atoms with Crippen molar-refractivity contribution in [1.82, 2.24) is 5.32 Å². The number of hydrogen-bond acceptors (Lipinski definition) is 5. The molecule has 0 spiro atoms. The maximum Gasteiger partial charge on any atom is 0.249 e. The molecule has 0 radical (unpaired) electrons. The van der Waals surface area contributed by atoms with Crippen molar-refractivity contribution in [1.29, 1.82) is 0 Å². The highest BCUT2D eigenvalue weighted by molar-refractivity contribution is 5.80. The molecule has 1 amide bonds. The summed E-state index contributed by atoms with van der Waals surface area (Å²) in [6.45, 7) is 3.99. The molecule has 0 aliphatic rings. The average Bonchev–Trinajstić information content (AvgIpc) is 3.12. The Morgan fingerprint density at radius 1 is 0.420 bits per heavy atom. The second-order valence-electron chi connectivity index (χ2n) is 15.8. The summed E-state index contributed by atoms with van der Waals surface area (Å²) in [7, 11) is 0. The van der Waals surface area contributed by atoms with Crippen LogP contribution in [0.3, 0.4) is 0 Å². The number of aliphatic hydroxyl groups excluding tert-OH is 4. The lowest BCUT2D eigenvalue weighted by molar-refractivity contribution is -0.132. The maximum atomic E-state index is 12.4. The zero-order valence-corrected chi connectivity index (χ0v) is 33.7. The van der Waals surface area contributed by atoms with Gasteiger partial charge in [-0.3, -0.25) is 4.79 Å². The van der Waals surface area contributed by atoms with Gasteiger partial charge in [0.05, 0.1) is 18.8 Å². The van der Waals surface area contributed by atoms with Gasteiger partial charge in [0.25, 0.3) is 0 Å². The Morgan fingerprint density at radius 3 is 0.960 bits per heavy atom. The van der Waals surface area contributed by atoms with E-state index in [1.807, 2.05) is 0 Å². The predicted molar refractivity (Wildman–Crippen MR) is 215 cm³/mol. The molecule has 0 aromatic heterocycles. The van der Waals surface area contributed by atoms with E-state index in [9.17, 15) is 25.2 Å². The molecular weight excluding hydrogens is 622 g/mol. The molecule has 0 aliphatic heterocycles. The summed E-state index contributed by atoms with van der Waals surface area (Å²) in [5.74, 6) is -0.583. The van der Waals surface area contributed by atoms with Gasteiger partial charge in [-0.2, -0.15) is 0 Å². The summed E-state index contributed by atoms with van der Waals surface area (Å²) in [5.41, 5.74) is 0. The zero-order valence-electron chi connectivity index (χ0n) is 33.7. The van der Waals surface area contributed by atoms with Crippen molar-refractivity contribution in [3.8, 4) is 0 Å². The minimum absolute atomic E-state index is 0.375. The second kappa shape index (κ2) is 39.5. The Bertz CT molecular complexity index is 677. The number of hydrogen-bond donors (Lipinski definition) is 5. The van der Waals surface area contributed by atoms with Crippen molar-refractivity contribution in [2.75, 3.05) is 6.61 Å². The van der Waals surface area contributed by atoms with Crippen LogP contribution in [0.25, 0.3) is 0 Å². The lowest BCUT2D eigenvalue weighted by Crippen LogP contribution is -2.53. The van der Waals surface area contributed by atoms with E-state index in [2.05, 4.69) is 19.2 Å². The number of unbranched alkanes of at least 4 members (excludes halogenated alkanes) is 32. The molecular formula is C44H89NO5. The number of amides is 1. The van der Waals surface area contributed by atoms with Gasteiger partial charge < -0.3 is 25.7 Å². The third-order valence-corrected chi connectivity index (χ3v) is 10.8. The van der Waals surface area contributed by atoms with Crippen LogP contribution in [0, 0.1) is 0 Å². The summed E-state index contributed by atoms with van der Waals surface area (Å²) < 4.78 is 0. The van der Waals surface area contributed by atoms with Crippen LogP contribution in [0.1, 0.15) is 245 Å². The Balaban J connectivity index is 3.49. The molecule has 5 N–H and O–H groups in total. The highest BCUT2D eigenvalue weighted by Crippen LogP contribution is 2.17. The first-order chi connectivity index (χ1) is 24.5. The third-order valence-electron chi connectivity index (χ3n) is 10.8. The summed E-state index contributed by atoms with van der Waals surface area (Å²) in [5, 5.41) is 43.2. The largest absolute Gasteiger partial charge is 0.394 e. The van der Waals surface area contributed by atoms with E-state index in [0.29, 0.717) is 12.8 Å². The van der Waals surface area contributed by atoms with E-state index < -0.39 is 36.9 Å². The van der Waals surface area contributed by atoms with Crippen molar-refractivity contribution in [2.24, 2.45) is 0 Å². The van der Waals surface area contributed by atoms with Crippen LogP contribution in [-0.2, 0) is 4.79 Å². The SMILES string of the molecule is CCCCCCCCCCCCCCCCCCCCCCCCCCCCCCC(O)C(=O)NC(CO)C(O)C(O)CCCCCCCC. The van der Waals surface area contributed by atoms with Crippen LogP contribution >= 0.6 is 0 Å². The van der Waals surface area contributed by atoms with Gasteiger partial charge in [0.15, 0.2) is 0 Å². The van der Waals surface area contributed by atoms with Crippen molar-refractivity contribution < 1.29 is 25.2 Å². The van der Waals surface area contributed by atoms with E-state index in [1.54, 1.807) is 0 Å². The molecule has 6 heteroatoms. The average molecular weight is 712 g/mol. The van der Waals surface area contributed by atoms with Gasteiger partial charge >= 0.3 is 0 Å². The molecule has 6 nitrogen and oxygen atoms in total. The van der Waals surface area contributed by atoms with Gasteiger partial charge in [-0.15, -0.1) is 0 Å². The quantitative estimate of drug-likeness (QED) is 0.0406. The first-order valence-corrected chi connectivity index (χ1v) is 22.4. The first-order valence-electron chi connectivity index (χ1n) is 22.4. The third kappa shape index (κ3) is 33.2. The molecule has 0 aromatic carbocycles. The van der Waals surface area contributed by atoms with Crippen LogP contribution in [0.5, 0.6) is 0 Å². The summed E-state index contributed by atoms with van der Waals surface area (Å²) in [6.07, 6.45) is 41.9. The fraction of sp³-hybridized carbons (Fsp3) is 0.977. The second-order valence-corrected chi connectivity index (χ2v) is 15.8. The minimum Gasteiger partial charge on any atom is -0.394 e. The molecule has 0 aliphatic carbocycles. The Hall–Kier alpha value is -0.690. The monoisotopic (exact) mass is 712 g/mol. The van der Waals surface area contributed by atoms with E-state index in [-0.39, 0.29) is 0 Å². The van der Waals surface area contributed by atoms with E-state index >= 15 is 0 Å². The van der Waals surface area contributed by atoms with Gasteiger partial charge in [0.1, 0.15) is 12.2 Å². The molecule has 0 bridgehead atoms. The van der Waals surface area contributed by atoms with Gasteiger partial charge in [0, 0.05) is 0 Å². The van der Waals surface area contributed by atoms with Crippen molar-refractivity contribution in [3.63, 3.8) is 0 Å². The van der Waals surface area contributed by atoms with Crippen LogP contribution < -0.4 is 5.32 Å². The van der Waals surface area contributed by atoms with Gasteiger partial charge in [0.2, 0.25) is 5.91 Å². The number of nitrogens with one attached hydrogen (secondary N) is 1. The van der Waals surface area contributed by atoms with E-state index in [1.165, 1.54) is 180 Å². The van der Waals surface area contributed by atoms with Crippen LogP contribution in [0.4, 0.5) is 0 Å². The fourth-order valence-electron chi connectivity index (χ4n) is 7.23. The van der Waals surface area contributed by atoms with Gasteiger partial charge in [-0.1, -0.05) is 232 Å². The number of rotatable bonds is 41. The first kappa shape index (κ1) is 49.3. The standard InChI is InChI=1S/C44H89NO5/c1-3-5-7-9-11-12-13-14-15-16-17-18-19-20-21-22-23-24-25-26-27-28-29-30-31-32-34-36-38-42(48)44(50)45-40(39-46)43(49)41(47)37-35-33-10-8-6-4-2/h40-43,46-49H,3-39H2,1-2H3,(H,45,50). The number of carbonyl (C=O) groups excluding carboxylic acids is 1. The molecule has 4 atom stereocenters. The van der Waals surface area contributed by atoms with E-state index in [4.69, 9.17) is 0 Å². The van der Waals surface area contributed by atoms with Crippen LogP contribution in [0.15, 0.2) is 0 Å². The summed E-state index contributed by atoms with van der Waals surface area (Å²) in [4.78, 5) is 12.4. The van der Waals surface area contributed by atoms with Gasteiger partial charge in [-0.25, -0.2) is 0 Å². The normalized spacial score (nSPS) is 14.1. The molecule has 0 heterocycles. The molecule has 0 aromatic rings. The molecule has 0 fully saturated rings. The predicted octanol–water partition coefficient (Wildman–Crippen LogP) is 11.6. The topological polar surface area (TPSA) is 110 Å². The van der Waals surface area contributed by atoms with Crippen molar-refractivity contribution in [2.45, 2.75) is 269 Å². The molecule has 300 valence electrons. The molecule has 0 rings (SSSR count). The fourth-order valence-corrected chi connectivity index (χ4v) is 7.23. The molecule has 4 unspecified atom stereocenters. The number of carbonyl (C=O) groups is 1. The van der Waals surface area contributed by atoms with Crippen molar-refractivity contribution in [3.05, 3.63) is 0 Å². The summed E-state index contributed by atoms with van der Waals surface area (Å²) in [6, 6.07) is -0.976. The lowest BCUT2D eigenvalue weighted by Gasteiger charge is -2.27. The molecule has 0 saturated carbocycles. The zero-order chi connectivity index (χ0) is 36.8. The van der Waals surface area contributed by atoms with Crippen molar-refractivity contribution >= 4 is 5.91 Å². The highest BCUT2D eigenvalue weighted by Gasteiger charge is 2.28. The Morgan fingerprint density at radius 2 is 0.680 bits per heavy atom. The Kier molecular flexibility index (Phi) is 39.0. The number of aliphatic hydroxyl groups is 4. The highest BCUT2D eigenvalue weighted by atomic mass is 16.3. The van der Waals surface area contributed by atoms with E-state index in [0.717, 1.165) is 38.5 Å². The lowest BCUT2D eigenvalue weighted by atomic mass is 9.99. The molecule has 50 heavy (non-hydrogen) atoms. The maximum absolute atomic E-state index is 12.4. The molecule has 0 saturated heterocycles. The minimum atomic E-state index is -1.25. The smallest absolute Gasteiger partial charge is 0.249 e. The van der Waals surface area contributed by atoms with Gasteiger partial charge in [-0.05, 0) is 12.8 Å². The van der Waals surface area contributed by atoms with Crippen LogP contribution in [0.2, 0.25) is 0 Å².